The first-order chi connectivity index (χ1) is 10.3. The summed E-state index contributed by atoms with van der Waals surface area (Å²) in [4.78, 5) is 23.7. The van der Waals surface area contributed by atoms with Crippen LogP contribution in [0.1, 0.15) is 25.3 Å². The van der Waals surface area contributed by atoms with Crippen molar-refractivity contribution < 1.29 is 37.0 Å². The normalized spacial score (nSPS) is 11.2. The van der Waals surface area contributed by atoms with Crippen LogP contribution in [-0.4, -0.2) is 31.5 Å². The van der Waals surface area contributed by atoms with Crippen LogP contribution >= 0.6 is 0 Å². The molecular weight excluding hydrogens is 305 g/mol. The Morgan fingerprint density at radius 2 is 1.64 bits per heavy atom. The Hall–Kier alpha value is -2.25. The molecule has 0 amide bonds. The van der Waals surface area contributed by atoms with Crippen LogP contribution in [0.2, 0.25) is 0 Å². The number of ether oxygens (including phenoxy) is 3. The van der Waals surface area contributed by atoms with Gasteiger partial charge in [0.05, 0.1) is 13.2 Å². The molecule has 0 aromatic heterocycles. The smallest absolute Gasteiger partial charge is 0.465 e. The van der Waals surface area contributed by atoms with Crippen molar-refractivity contribution in [1.82, 2.24) is 0 Å². The molecule has 0 fully saturated rings. The lowest BCUT2D eigenvalue weighted by atomic mass is 9.99. The zero-order valence-corrected chi connectivity index (χ0v) is 12.0. The number of alkyl halides is 3. The molecule has 5 nitrogen and oxygen atoms in total. The van der Waals surface area contributed by atoms with Gasteiger partial charge in [0.1, 0.15) is 5.75 Å². The molecule has 0 bridgehead atoms. The van der Waals surface area contributed by atoms with Crippen molar-refractivity contribution in [2.75, 3.05) is 13.2 Å². The van der Waals surface area contributed by atoms with E-state index in [0.717, 1.165) is 12.1 Å². The number of esters is 2. The van der Waals surface area contributed by atoms with E-state index in [0.29, 0.717) is 0 Å². The Morgan fingerprint density at radius 3 is 2.09 bits per heavy atom. The second-order valence-electron chi connectivity index (χ2n) is 4.06. The summed E-state index contributed by atoms with van der Waals surface area (Å²) in [5, 5.41) is 0. The molecule has 122 valence electrons. The minimum absolute atomic E-state index is 0.00125. The molecule has 0 aliphatic rings. The van der Waals surface area contributed by atoms with Crippen LogP contribution in [0.25, 0.3) is 0 Å². The van der Waals surface area contributed by atoms with Crippen molar-refractivity contribution >= 4 is 11.9 Å². The van der Waals surface area contributed by atoms with Gasteiger partial charge in [-0.05, 0) is 31.5 Å². The molecule has 0 saturated carbocycles. The summed E-state index contributed by atoms with van der Waals surface area (Å²) in [5.74, 6) is -3.80. The highest BCUT2D eigenvalue weighted by molar-refractivity contribution is 6.00. The number of carbonyl (C=O) groups excluding carboxylic acids is 2. The molecule has 1 rings (SSSR count). The van der Waals surface area contributed by atoms with Gasteiger partial charge < -0.3 is 14.2 Å². The fourth-order valence-corrected chi connectivity index (χ4v) is 1.71. The van der Waals surface area contributed by atoms with E-state index in [1.54, 1.807) is 13.8 Å². The van der Waals surface area contributed by atoms with Crippen LogP contribution in [0, 0.1) is 0 Å². The topological polar surface area (TPSA) is 61.8 Å². The predicted octanol–water partition coefficient (Wildman–Crippen LogP) is 2.80. The summed E-state index contributed by atoms with van der Waals surface area (Å²) in [6, 6.07) is 4.57. The van der Waals surface area contributed by atoms with Gasteiger partial charge in [0.15, 0.2) is 5.92 Å². The third-order valence-corrected chi connectivity index (χ3v) is 2.47. The zero-order chi connectivity index (χ0) is 16.8. The molecule has 0 radical (unpaired) electrons. The minimum Gasteiger partial charge on any atom is -0.465 e. The van der Waals surface area contributed by atoms with Crippen LogP contribution < -0.4 is 4.74 Å². The average molecular weight is 320 g/mol. The molecule has 0 unspecified atom stereocenters. The van der Waals surface area contributed by atoms with Crippen molar-refractivity contribution in [1.29, 1.82) is 0 Å². The van der Waals surface area contributed by atoms with E-state index in [-0.39, 0.29) is 18.8 Å². The lowest BCUT2D eigenvalue weighted by Crippen LogP contribution is -2.26. The van der Waals surface area contributed by atoms with Crippen molar-refractivity contribution in [3.8, 4) is 5.75 Å². The van der Waals surface area contributed by atoms with Gasteiger partial charge in [-0.3, -0.25) is 9.59 Å². The van der Waals surface area contributed by atoms with Gasteiger partial charge in [-0.25, -0.2) is 0 Å². The quantitative estimate of drug-likeness (QED) is 0.596. The van der Waals surface area contributed by atoms with Gasteiger partial charge in [-0.15, -0.1) is 13.2 Å². The summed E-state index contributed by atoms with van der Waals surface area (Å²) < 4.78 is 50.0. The lowest BCUT2D eigenvalue weighted by molar-refractivity contribution is -0.274. The number of hydrogen-bond acceptors (Lipinski definition) is 5. The molecule has 1 aromatic carbocycles. The number of hydrogen-bond donors (Lipinski definition) is 0. The Morgan fingerprint density at radius 1 is 1.09 bits per heavy atom. The molecule has 0 N–H and O–H groups in total. The largest absolute Gasteiger partial charge is 0.573 e. The summed E-state index contributed by atoms with van der Waals surface area (Å²) in [6.45, 7) is 3.13. The predicted molar refractivity (Wildman–Crippen MR) is 69.1 cm³/mol. The Kier molecular flexibility index (Phi) is 6.21. The molecule has 0 heterocycles. The molecule has 1 aromatic rings. The highest BCUT2D eigenvalue weighted by Crippen LogP contribution is 2.27. The van der Waals surface area contributed by atoms with E-state index in [9.17, 15) is 22.8 Å². The van der Waals surface area contributed by atoms with Crippen molar-refractivity contribution in [2.24, 2.45) is 0 Å². The van der Waals surface area contributed by atoms with Crippen LogP contribution in [-0.2, 0) is 19.1 Å². The molecule has 22 heavy (non-hydrogen) atoms. The highest BCUT2D eigenvalue weighted by Gasteiger charge is 2.34. The van der Waals surface area contributed by atoms with Gasteiger partial charge in [-0.2, -0.15) is 0 Å². The Balaban J connectivity index is 3.11. The second-order valence-corrected chi connectivity index (χ2v) is 4.06. The summed E-state index contributed by atoms with van der Waals surface area (Å²) in [7, 11) is 0. The van der Waals surface area contributed by atoms with Crippen molar-refractivity contribution in [3.05, 3.63) is 29.8 Å². The molecular formula is C14H15F3O5. The molecule has 0 atom stereocenters. The SMILES string of the molecule is CCOC(=O)C(C(=O)OCC)c1cccc(OC(F)(F)F)c1. The number of rotatable bonds is 6. The van der Waals surface area contributed by atoms with Crippen LogP contribution in [0.4, 0.5) is 13.2 Å². The fourth-order valence-electron chi connectivity index (χ4n) is 1.71. The monoisotopic (exact) mass is 320 g/mol. The fraction of sp³-hybridized carbons (Fsp3) is 0.429. The first kappa shape index (κ1) is 17.8. The molecule has 0 aliphatic carbocycles. The standard InChI is InChI=1S/C14H15F3O5/c1-3-20-12(18)11(13(19)21-4-2)9-6-5-7-10(8-9)22-14(15,16)17/h5-8,11H,3-4H2,1-2H3. The Labute approximate surface area is 125 Å². The lowest BCUT2D eigenvalue weighted by Gasteiger charge is -2.16. The number of carbonyl (C=O) groups is 2. The van der Waals surface area contributed by atoms with E-state index < -0.39 is 30.0 Å². The van der Waals surface area contributed by atoms with Crippen molar-refractivity contribution in [3.63, 3.8) is 0 Å². The van der Waals surface area contributed by atoms with Gasteiger partial charge in [0.25, 0.3) is 0 Å². The average Bonchev–Trinajstić information content (AvgIpc) is 2.38. The third kappa shape index (κ3) is 5.27. The molecule has 0 spiro atoms. The van der Waals surface area contributed by atoms with Crippen LogP contribution in [0.3, 0.4) is 0 Å². The van der Waals surface area contributed by atoms with Gasteiger partial charge in [0.2, 0.25) is 0 Å². The maximum absolute atomic E-state index is 12.2. The minimum atomic E-state index is -4.87. The van der Waals surface area contributed by atoms with Gasteiger partial charge >= 0.3 is 18.3 Å². The van der Waals surface area contributed by atoms with E-state index in [4.69, 9.17) is 9.47 Å². The maximum atomic E-state index is 12.2. The summed E-state index contributed by atoms with van der Waals surface area (Å²) in [5.41, 5.74) is -0.00125. The van der Waals surface area contributed by atoms with E-state index in [2.05, 4.69) is 4.74 Å². The van der Waals surface area contributed by atoms with E-state index >= 15 is 0 Å². The van der Waals surface area contributed by atoms with Gasteiger partial charge in [-0.1, -0.05) is 12.1 Å². The second kappa shape index (κ2) is 7.67. The van der Waals surface area contributed by atoms with E-state index in [1.165, 1.54) is 12.1 Å². The summed E-state index contributed by atoms with van der Waals surface area (Å²) >= 11 is 0. The molecule has 0 saturated heterocycles. The highest BCUT2D eigenvalue weighted by atomic mass is 19.4. The van der Waals surface area contributed by atoms with Crippen molar-refractivity contribution in [2.45, 2.75) is 26.1 Å². The molecule has 8 heteroatoms. The molecule has 0 aliphatic heterocycles. The van der Waals surface area contributed by atoms with E-state index in [1.807, 2.05) is 0 Å². The zero-order valence-electron chi connectivity index (χ0n) is 12.0. The maximum Gasteiger partial charge on any atom is 0.573 e. The third-order valence-electron chi connectivity index (χ3n) is 2.47. The Bertz CT molecular complexity index is 509. The number of benzene rings is 1. The first-order valence-electron chi connectivity index (χ1n) is 6.47. The summed E-state index contributed by atoms with van der Waals surface area (Å²) in [6.07, 6.45) is -4.87. The van der Waals surface area contributed by atoms with Gasteiger partial charge in [0, 0.05) is 0 Å². The van der Waals surface area contributed by atoms with Crippen LogP contribution in [0.15, 0.2) is 24.3 Å². The number of halogens is 3. The van der Waals surface area contributed by atoms with Crippen LogP contribution in [0.5, 0.6) is 5.75 Å². The first-order valence-corrected chi connectivity index (χ1v) is 6.47.